The lowest BCUT2D eigenvalue weighted by Gasteiger charge is -2.05. The quantitative estimate of drug-likeness (QED) is 0.344. The second kappa shape index (κ2) is 9.11. The molecule has 5 nitrogen and oxygen atoms in total. The number of thioether (sulfide) groups is 1. The van der Waals surface area contributed by atoms with Crippen LogP contribution in [0.3, 0.4) is 0 Å². The molecule has 7 heteroatoms. The highest BCUT2D eigenvalue weighted by Gasteiger charge is 2.16. The van der Waals surface area contributed by atoms with Crippen LogP contribution in [-0.4, -0.2) is 28.0 Å². The maximum atomic E-state index is 9.45. The number of isothiocyanates is 1. The van der Waals surface area contributed by atoms with Crippen molar-refractivity contribution in [1.82, 2.24) is 9.78 Å². The SMILES string of the molecule is Cn1nc(SCc2ccccc2)c(C#N)c1NCCCN=C=S. The van der Waals surface area contributed by atoms with Crippen molar-refractivity contribution in [3.8, 4) is 6.07 Å². The van der Waals surface area contributed by atoms with Crippen LogP contribution in [0.1, 0.15) is 17.5 Å². The van der Waals surface area contributed by atoms with Gasteiger partial charge in [-0.25, -0.2) is 4.99 Å². The largest absolute Gasteiger partial charge is 0.369 e. The fourth-order valence-corrected chi connectivity index (χ4v) is 3.09. The lowest BCUT2D eigenvalue weighted by Crippen LogP contribution is -2.08. The highest BCUT2D eigenvalue weighted by atomic mass is 32.2. The molecule has 2 rings (SSSR count). The highest BCUT2D eigenvalue weighted by molar-refractivity contribution is 7.98. The molecule has 0 bridgehead atoms. The minimum atomic E-state index is 0.590. The first-order valence-corrected chi connectivity index (χ1v) is 8.57. The fourth-order valence-electron chi connectivity index (χ4n) is 2.04. The maximum Gasteiger partial charge on any atom is 0.143 e. The van der Waals surface area contributed by atoms with Crippen molar-refractivity contribution >= 4 is 35.0 Å². The van der Waals surface area contributed by atoms with Gasteiger partial charge in [-0.3, -0.25) is 4.68 Å². The van der Waals surface area contributed by atoms with E-state index in [9.17, 15) is 5.26 Å². The molecule has 0 saturated carbocycles. The van der Waals surface area contributed by atoms with Gasteiger partial charge in [0.2, 0.25) is 0 Å². The second-order valence-electron chi connectivity index (χ2n) is 4.79. The van der Waals surface area contributed by atoms with Crippen molar-refractivity contribution < 1.29 is 0 Å². The molecule has 0 amide bonds. The number of aromatic nitrogens is 2. The first-order valence-electron chi connectivity index (χ1n) is 7.17. The molecule has 0 aliphatic rings. The molecule has 2 aromatic rings. The number of anilines is 1. The number of hydrogen-bond donors (Lipinski definition) is 1. The van der Waals surface area contributed by atoms with E-state index in [0.717, 1.165) is 23.0 Å². The van der Waals surface area contributed by atoms with E-state index in [1.54, 1.807) is 16.4 Å². The van der Waals surface area contributed by atoms with E-state index in [2.05, 4.69) is 51.0 Å². The molecule has 23 heavy (non-hydrogen) atoms. The van der Waals surface area contributed by atoms with Gasteiger partial charge in [-0.1, -0.05) is 42.1 Å². The topological polar surface area (TPSA) is 66.0 Å². The smallest absolute Gasteiger partial charge is 0.143 e. The van der Waals surface area contributed by atoms with E-state index >= 15 is 0 Å². The van der Waals surface area contributed by atoms with E-state index < -0.39 is 0 Å². The summed E-state index contributed by atoms with van der Waals surface area (Å²) >= 11 is 6.10. The normalized spacial score (nSPS) is 9.91. The molecule has 0 fully saturated rings. The Balaban J connectivity index is 2.02. The van der Waals surface area contributed by atoms with Gasteiger partial charge in [-0.15, -0.1) is 0 Å². The van der Waals surface area contributed by atoms with Gasteiger partial charge in [-0.05, 0) is 24.2 Å². The van der Waals surface area contributed by atoms with Gasteiger partial charge < -0.3 is 5.32 Å². The predicted molar refractivity (Wildman–Crippen MR) is 96.9 cm³/mol. The second-order valence-corrected chi connectivity index (χ2v) is 5.94. The summed E-state index contributed by atoms with van der Waals surface area (Å²) in [6.45, 7) is 1.34. The van der Waals surface area contributed by atoms with Crippen molar-refractivity contribution in [3.05, 3.63) is 41.5 Å². The van der Waals surface area contributed by atoms with Crippen molar-refractivity contribution in [2.24, 2.45) is 12.0 Å². The van der Waals surface area contributed by atoms with Crippen LogP contribution in [0.5, 0.6) is 0 Å². The average Bonchev–Trinajstić information content (AvgIpc) is 2.89. The molecular formula is C16H17N5S2. The Morgan fingerprint density at radius 2 is 2.17 bits per heavy atom. The average molecular weight is 343 g/mol. The fraction of sp³-hybridized carbons (Fsp3) is 0.312. The van der Waals surface area contributed by atoms with Crippen molar-refractivity contribution in [3.63, 3.8) is 0 Å². The molecule has 1 aromatic heterocycles. The minimum absolute atomic E-state index is 0.590. The number of thiocarbonyl (C=S) groups is 1. The molecule has 0 radical (unpaired) electrons. The molecule has 1 N–H and O–H groups in total. The van der Waals surface area contributed by atoms with E-state index in [-0.39, 0.29) is 0 Å². The van der Waals surface area contributed by atoms with E-state index in [4.69, 9.17) is 0 Å². The Hall–Kier alpha value is -2.13. The van der Waals surface area contributed by atoms with Crippen molar-refractivity contribution in [2.45, 2.75) is 17.2 Å². The molecule has 1 aromatic carbocycles. The zero-order chi connectivity index (χ0) is 16.5. The van der Waals surface area contributed by atoms with Gasteiger partial charge in [0.05, 0.1) is 11.7 Å². The molecule has 0 atom stereocenters. The van der Waals surface area contributed by atoms with Crippen LogP contribution in [0.15, 0.2) is 40.4 Å². The molecule has 0 spiro atoms. The van der Waals surface area contributed by atoms with E-state index in [1.165, 1.54) is 5.56 Å². The third-order valence-electron chi connectivity index (χ3n) is 3.15. The summed E-state index contributed by atoms with van der Waals surface area (Å²) in [5.41, 5.74) is 1.80. The number of benzene rings is 1. The van der Waals surface area contributed by atoms with Gasteiger partial charge in [0.1, 0.15) is 22.5 Å². The third kappa shape index (κ3) is 4.93. The number of nitrogens with zero attached hydrogens (tertiary/aromatic N) is 4. The van der Waals surface area contributed by atoms with Crippen LogP contribution < -0.4 is 5.32 Å². The Labute approximate surface area is 145 Å². The van der Waals surface area contributed by atoms with Crippen LogP contribution in [0.4, 0.5) is 5.82 Å². The number of nitriles is 1. The first kappa shape index (κ1) is 17.2. The molecule has 1 heterocycles. The molecule has 0 unspecified atom stereocenters. The molecule has 118 valence electrons. The van der Waals surface area contributed by atoms with Crippen LogP contribution in [0.2, 0.25) is 0 Å². The van der Waals surface area contributed by atoms with Gasteiger partial charge in [0.15, 0.2) is 0 Å². The predicted octanol–water partition coefficient (Wildman–Crippen LogP) is 3.49. The summed E-state index contributed by atoms with van der Waals surface area (Å²) in [6.07, 6.45) is 0.826. The van der Waals surface area contributed by atoms with Gasteiger partial charge in [0, 0.05) is 19.3 Å². The minimum Gasteiger partial charge on any atom is -0.369 e. The number of hydrogen-bond acceptors (Lipinski definition) is 6. The third-order valence-corrected chi connectivity index (χ3v) is 4.31. The summed E-state index contributed by atoms with van der Waals surface area (Å²) < 4.78 is 1.72. The zero-order valence-electron chi connectivity index (χ0n) is 12.8. The maximum absolute atomic E-state index is 9.45. The lowest BCUT2D eigenvalue weighted by atomic mass is 10.2. The number of aliphatic imine (C=N–C) groups is 1. The first-order chi connectivity index (χ1) is 11.3. The van der Waals surface area contributed by atoms with Gasteiger partial charge >= 0.3 is 0 Å². The summed E-state index contributed by atoms with van der Waals surface area (Å²) in [7, 11) is 1.84. The number of rotatable bonds is 8. The molecular weight excluding hydrogens is 326 g/mol. The Morgan fingerprint density at radius 3 is 2.87 bits per heavy atom. The molecule has 0 aliphatic heterocycles. The Morgan fingerprint density at radius 1 is 1.39 bits per heavy atom. The van der Waals surface area contributed by atoms with Crippen LogP contribution in [-0.2, 0) is 12.8 Å². The zero-order valence-corrected chi connectivity index (χ0v) is 14.5. The number of aryl methyl sites for hydroxylation is 1. The standard InChI is InChI=1S/C16H17N5S2/c1-21-15(19-9-5-8-18-12-22)14(10-17)16(20-21)23-11-13-6-3-2-4-7-13/h2-4,6-7,19H,5,8-9,11H2,1H3. The highest BCUT2D eigenvalue weighted by Crippen LogP contribution is 2.29. The summed E-state index contributed by atoms with van der Waals surface area (Å²) in [5, 5.41) is 20.3. The van der Waals surface area contributed by atoms with Crippen molar-refractivity contribution in [1.29, 1.82) is 5.26 Å². The van der Waals surface area contributed by atoms with Gasteiger partial charge in [-0.2, -0.15) is 10.4 Å². The van der Waals surface area contributed by atoms with Crippen LogP contribution in [0.25, 0.3) is 0 Å². The molecule has 0 saturated heterocycles. The molecule has 0 aliphatic carbocycles. The summed E-state index contributed by atoms with van der Waals surface area (Å²) in [4.78, 5) is 3.87. The van der Waals surface area contributed by atoms with E-state index in [1.807, 2.05) is 25.2 Å². The number of nitrogens with one attached hydrogen (secondary N) is 1. The van der Waals surface area contributed by atoms with E-state index in [0.29, 0.717) is 18.7 Å². The van der Waals surface area contributed by atoms with Crippen molar-refractivity contribution in [2.75, 3.05) is 18.4 Å². The van der Waals surface area contributed by atoms with Crippen LogP contribution in [0, 0.1) is 11.3 Å². The monoisotopic (exact) mass is 343 g/mol. The summed E-state index contributed by atoms with van der Waals surface area (Å²) in [6, 6.07) is 12.4. The van der Waals surface area contributed by atoms with Crippen LogP contribution >= 0.6 is 24.0 Å². The Kier molecular flexibility index (Phi) is 6.82. The van der Waals surface area contributed by atoms with Gasteiger partial charge in [0.25, 0.3) is 0 Å². The summed E-state index contributed by atoms with van der Waals surface area (Å²) in [5.74, 6) is 1.53. The Bertz CT molecular complexity index is 727. The lowest BCUT2D eigenvalue weighted by molar-refractivity contribution is 0.736.